The molecule has 4 nitrogen and oxygen atoms in total. The van der Waals surface area contributed by atoms with Crippen molar-refractivity contribution in [2.45, 2.75) is 52.3 Å². The van der Waals surface area contributed by atoms with E-state index in [-0.39, 0.29) is 18.2 Å². The number of hydrogen-bond acceptors (Lipinski definition) is 3. The standard InChI is InChI=1S/C17H25BrN2O2/c1-12-10-19(16(21)22-17(3,4)5)11-13(2)20(12)15-8-6-14(18)7-9-15/h6-9,12-13H,10-11H2,1-5H3. The number of ether oxygens (including phenoxy) is 1. The van der Waals surface area contributed by atoms with Crippen molar-refractivity contribution in [3.63, 3.8) is 0 Å². The van der Waals surface area contributed by atoms with Crippen LogP contribution in [0, 0.1) is 0 Å². The monoisotopic (exact) mass is 368 g/mol. The third-order valence-corrected chi connectivity index (χ3v) is 4.22. The topological polar surface area (TPSA) is 32.8 Å². The lowest BCUT2D eigenvalue weighted by molar-refractivity contribution is 0.0193. The van der Waals surface area contributed by atoms with E-state index in [0.717, 1.165) is 4.47 Å². The molecule has 0 radical (unpaired) electrons. The second-order valence-corrected chi connectivity index (χ2v) is 7.88. The molecule has 0 aromatic heterocycles. The summed E-state index contributed by atoms with van der Waals surface area (Å²) >= 11 is 3.47. The van der Waals surface area contributed by atoms with Crippen LogP contribution in [0.15, 0.2) is 28.7 Å². The molecular weight excluding hydrogens is 344 g/mol. The first kappa shape index (κ1) is 17.1. The highest BCUT2D eigenvalue weighted by atomic mass is 79.9. The third kappa shape index (κ3) is 4.15. The van der Waals surface area contributed by atoms with Crippen molar-refractivity contribution in [3.05, 3.63) is 28.7 Å². The number of carbonyl (C=O) groups excluding carboxylic acids is 1. The van der Waals surface area contributed by atoms with E-state index in [1.54, 1.807) is 0 Å². The Morgan fingerprint density at radius 3 is 2.09 bits per heavy atom. The molecule has 0 spiro atoms. The molecule has 0 aliphatic carbocycles. The fraction of sp³-hybridized carbons (Fsp3) is 0.588. The molecule has 2 rings (SSSR count). The minimum Gasteiger partial charge on any atom is -0.444 e. The lowest BCUT2D eigenvalue weighted by Crippen LogP contribution is -2.58. The highest BCUT2D eigenvalue weighted by Gasteiger charge is 2.33. The van der Waals surface area contributed by atoms with Crippen LogP contribution in [0.25, 0.3) is 0 Å². The molecule has 1 heterocycles. The van der Waals surface area contributed by atoms with Crippen molar-refractivity contribution in [3.8, 4) is 0 Å². The average molecular weight is 369 g/mol. The molecule has 0 bridgehead atoms. The summed E-state index contributed by atoms with van der Waals surface area (Å²) in [6.45, 7) is 11.3. The zero-order chi connectivity index (χ0) is 16.5. The van der Waals surface area contributed by atoms with E-state index in [1.165, 1.54) is 5.69 Å². The molecule has 1 aromatic carbocycles. The Labute approximate surface area is 141 Å². The molecular formula is C17H25BrN2O2. The van der Waals surface area contributed by atoms with Crippen LogP contribution in [0.1, 0.15) is 34.6 Å². The van der Waals surface area contributed by atoms with Crippen molar-refractivity contribution >= 4 is 27.7 Å². The summed E-state index contributed by atoms with van der Waals surface area (Å²) in [5.74, 6) is 0. The molecule has 0 saturated carbocycles. The zero-order valence-electron chi connectivity index (χ0n) is 14.0. The van der Waals surface area contributed by atoms with Crippen molar-refractivity contribution in [2.75, 3.05) is 18.0 Å². The number of nitrogens with zero attached hydrogens (tertiary/aromatic N) is 2. The number of carbonyl (C=O) groups is 1. The predicted octanol–water partition coefficient (Wildman–Crippen LogP) is 4.28. The lowest BCUT2D eigenvalue weighted by Gasteiger charge is -2.45. The summed E-state index contributed by atoms with van der Waals surface area (Å²) in [6.07, 6.45) is -0.221. The first-order valence-corrected chi connectivity index (χ1v) is 8.48. The normalized spacial score (nSPS) is 22.6. The fourth-order valence-electron chi connectivity index (χ4n) is 2.92. The molecule has 22 heavy (non-hydrogen) atoms. The Morgan fingerprint density at radius 2 is 1.64 bits per heavy atom. The van der Waals surface area contributed by atoms with Crippen molar-refractivity contribution in [1.29, 1.82) is 0 Å². The van der Waals surface area contributed by atoms with Gasteiger partial charge in [-0.15, -0.1) is 0 Å². The Hall–Kier alpha value is -1.23. The van der Waals surface area contributed by atoms with Crippen molar-refractivity contribution < 1.29 is 9.53 Å². The van der Waals surface area contributed by atoms with Gasteiger partial charge in [0.25, 0.3) is 0 Å². The Balaban J connectivity index is 2.09. The van der Waals surface area contributed by atoms with Crippen LogP contribution in [0.4, 0.5) is 10.5 Å². The van der Waals surface area contributed by atoms with Gasteiger partial charge < -0.3 is 14.5 Å². The molecule has 1 fully saturated rings. The maximum Gasteiger partial charge on any atom is 0.410 e. The molecule has 2 atom stereocenters. The molecule has 1 aliphatic heterocycles. The molecule has 1 saturated heterocycles. The summed E-state index contributed by atoms with van der Waals surface area (Å²) in [5, 5.41) is 0. The number of piperazine rings is 1. The number of amides is 1. The van der Waals surface area contributed by atoms with E-state index >= 15 is 0 Å². The highest BCUT2D eigenvalue weighted by Crippen LogP contribution is 2.26. The lowest BCUT2D eigenvalue weighted by atomic mass is 10.1. The van der Waals surface area contributed by atoms with Crippen LogP contribution in [-0.4, -0.2) is 41.8 Å². The minimum absolute atomic E-state index is 0.221. The number of rotatable bonds is 1. The van der Waals surface area contributed by atoms with E-state index in [4.69, 9.17) is 4.74 Å². The summed E-state index contributed by atoms with van der Waals surface area (Å²) in [4.78, 5) is 16.5. The van der Waals surface area contributed by atoms with Gasteiger partial charge in [0.1, 0.15) is 5.60 Å². The number of halogens is 1. The Kier molecular flexibility index (Phi) is 5.05. The van der Waals surface area contributed by atoms with Crippen LogP contribution < -0.4 is 4.90 Å². The first-order chi connectivity index (χ1) is 10.2. The molecule has 122 valence electrons. The SMILES string of the molecule is CC1CN(C(=O)OC(C)(C)C)CC(C)N1c1ccc(Br)cc1. The van der Waals surface area contributed by atoms with Crippen LogP contribution in [-0.2, 0) is 4.74 Å². The van der Waals surface area contributed by atoms with Gasteiger partial charge in [0.2, 0.25) is 0 Å². The molecule has 0 N–H and O–H groups in total. The number of anilines is 1. The van der Waals surface area contributed by atoms with Gasteiger partial charge in [0.05, 0.1) is 0 Å². The number of benzene rings is 1. The fourth-order valence-corrected chi connectivity index (χ4v) is 3.18. The predicted molar refractivity (Wildman–Crippen MR) is 93.4 cm³/mol. The minimum atomic E-state index is -0.452. The van der Waals surface area contributed by atoms with Gasteiger partial charge in [-0.1, -0.05) is 15.9 Å². The smallest absolute Gasteiger partial charge is 0.410 e. The number of hydrogen-bond donors (Lipinski definition) is 0. The first-order valence-electron chi connectivity index (χ1n) is 7.69. The maximum atomic E-state index is 12.3. The van der Waals surface area contributed by atoms with E-state index in [1.807, 2.05) is 25.7 Å². The van der Waals surface area contributed by atoms with Crippen molar-refractivity contribution in [1.82, 2.24) is 4.90 Å². The summed E-state index contributed by atoms with van der Waals surface area (Å²) in [7, 11) is 0. The van der Waals surface area contributed by atoms with Gasteiger partial charge in [-0.25, -0.2) is 4.79 Å². The Bertz CT molecular complexity index is 512. The summed E-state index contributed by atoms with van der Waals surface area (Å²) < 4.78 is 6.57. The van der Waals surface area contributed by atoms with Gasteiger partial charge in [-0.3, -0.25) is 0 Å². The average Bonchev–Trinajstić information content (AvgIpc) is 2.38. The van der Waals surface area contributed by atoms with Gasteiger partial charge in [0, 0.05) is 35.3 Å². The van der Waals surface area contributed by atoms with Gasteiger partial charge in [-0.05, 0) is 58.9 Å². The molecule has 1 amide bonds. The second-order valence-electron chi connectivity index (χ2n) is 6.97. The summed E-state index contributed by atoms with van der Waals surface area (Å²) in [6, 6.07) is 8.82. The quantitative estimate of drug-likeness (QED) is 0.741. The largest absolute Gasteiger partial charge is 0.444 e. The maximum absolute atomic E-state index is 12.3. The second kappa shape index (κ2) is 6.49. The van der Waals surface area contributed by atoms with E-state index in [9.17, 15) is 4.79 Å². The van der Waals surface area contributed by atoms with Crippen LogP contribution >= 0.6 is 15.9 Å². The summed E-state index contributed by atoms with van der Waals surface area (Å²) in [5.41, 5.74) is 0.735. The van der Waals surface area contributed by atoms with E-state index in [0.29, 0.717) is 13.1 Å². The highest BCUT2D eigenvalue weighted by molar-refractivity contribution is 9.10. The molecule has 5 heteroatoms. The van der Waals surface area contributed by atoms with E-state index < -0.39 is 5.60 Å². The van der Waals surface area contributed by atoms with Gasteiger partial charge >= 0.3 is 6.09 Å². The Morgan fingerprint density at radius 1 is 1.14 bits per heavy atom. The molecule has 1 aromatic rings. The third-order valence-electron chi connectivity index (χ3n) is 3.70. The molecule has 2 unspecified atom stereocenters. The van der Waals surface area contributed by atoms with E-state index in [2.05, 4.69) is 58.9 Å². The van der Waals surface area contributed by atoms with Gasteiger partial charge in [0.15, 0.2) is 0 Å². The van der Waals surface area contributed by atoms with Crippen LogP contribution in [0.2, 0.25) is 0 Å². The zero-order valence-corrected chi connectivity index (χ0v) is 15.6. The van der Waals surface area contributed by atoms with Crippen LogP contribution in [0.3, 0.4) is 0 Å². The van der Waals surface area contributed by atoms with Gasteiger partial charge in [-0.2, -0.15) is 0 Å². The molecule has 1 aliphatic rings. The van der Waals surface area contributed by atoms with Crippen LogP contribution in [0.5, 0.6) is 0 Å². The van der Waals surface area contributed by atoms with Crippen molar-refractivity contribution in [2.24, 2.45) is 0 Å².